The number of rotatable bonds is 4. The Morgan fingerprint density at radius 3 is 2.75 bits per heavy atom. The van der Waals surface area contributed by atoms with E-state index in [4.69, 9.17) is 15.6 Å². The summed E-state index contributed by atoms with van der Waals surface area (Å²) in [5, 5.41) is 8.81. The molecule has 0 unspecified atom stereocenters. The Hall–Kier alpha value is -0.980. The van der Waals surface area contributed by atoms with Crippen molar-refractivity contribution in [2.75, 3.05) is 32.8 Å². The molecule has 3 N–H and O–H groups in total. The molecule has 1 aliphatic heterocycles. The van der Waals surface area contributed by atoms with Crippen LogP contribution in [0, 0.1) is 0 Å². The summed E-state index contributed by atoms with van der Waals surface area (Å²) in [7, 11) is 0. The number of ether oxygens (including phenoxy) is 1. The third-order valence-corrected chi connectivity index (χ3v) is 2.71. The number of ketones is 1. The number of carbonyl (C=O) groups excluding carboxylic acids is 1. The maximum Gasteiger partial charge on any atom is 0.331 e. The monoisotopic (exact) mass is 230 g/mol. The number of nitrogens with zero attached hydrogens (tertiary/aromatic N) is 1. The van der Waals surface area contributed by atoms with Crippen LogP contribution in [0.1, 0.15) is 13.3 Å². The summed E-state index contributed by atoms with van der Waals surface area (Å²) in [5.74, 6) is -1.76. The van der Waals surface area contributed by atoms with Gasteiger partial charge in [-0.3, -0.25) is 9.69 Å². The first-order valence-corrected chi connectivity index (χ1v) is 5.30. The van der Waals surface area contributed by atoms with Gasteiger partial charge in [0.1, 0.15) is 0 Å². The van der Waals surface area contributed by atoms with E-state index in [9.17, 15) is 9.59 Å². The molecule has 0 aromatic carbocycles. The molecule has 0 spiro atoms. The first kappa shape index (κ1) is 13.1. The molecule has 0 aromatic heterocycles. The number of carboxylic acid groups (broad SMARTS) is 1. The molecular weight excluding hydrogens is 212 g/mol. The minimum Gasteiger partial charge on any atom is -0.480 e. The maximum atomic E-state index is 11.7. The van der Waals surface area contributed by atoms with E-state index in [1.807, 2.05) is 4.90 Å². The van der Waals surface area contributed by atoms with E-state index >= 15 is 0 Å². The van der Waals surface area contributed by atoms with Crippen LogP contribution in [0.2, 0.25) is 0 Å². The van der Waals surface area contributed by atoms with E-state index in [0.29, 0.717) is 19.8 Å². The second kappa shape index (κ2) is 5.38. The van der Waals surface area contributed by atoms with Crippen LogP contribution in [-0.2, 0) is 14.3 Å². The summed E-state index contributed by atoms with van der Waals surface area (Å²) < 4.78 is 5.24. The highest BCUT2D eigenvalue weighted by atomic mass is 16.5. The Kier molecular flexibility index (Phi) is 4.40. The largest absolute Gasteiger partial charge is 0.480 e. The van der Waals surface area contributed by atoms with Crippen LogP contribution in [0.25, 0.3) is 0 Å². The summed E-state index contributed by atoms with van der Waals surface area (Å²) in [5.41, 5.74) is 3.65. The van der Waals surface area contributed by atoms with Crippen molar-refractivity contribution >= 4 is 11.8 Å². The van der Waals surface area contributed by atoms with E-state index in [1.165, 1.54) is 6.92 Å². The van der Waals surface area contributed by atoms with Crippen molar-refractivity contribution in [1.82, 2.24) is 4.90 Å². The van der Waals surface area contributed by atoms with Crippen molar-refractivity contribution in [3.05, 3.63) is 0 Å². The number of aliphatic carboxylic acids is 1. The molecule has 1 atom stereocenters. The number of hydrogen-bond donors (Lipinski definition) is 2. The molecular formula is C10H18N2O4. The molecule has 16 heavy (non-hydrogen) atoms. The van der Waals surface area contributed by atoms with Gasteiger partial charge in [-0.2, -0.15) is 0 Å². The summed E-state index contributed by atoms with van der Waals surface area (Å²) >= 11 is 0. The van der Waals surface area contributed by atoms with Crippen molar-refractivity contribution in [3.8, 4) is 0 Å². The van der Waals surface area contributed by atoms with Crippen LogP contribution in [0.4, 0.5) is 0 Å². The topological polar surface area (TPSA) is 92.9 Å². The molecule has 0 aliphatic carbocycles. The molecule has 1 heterocycles. The molecule has 6 heteroatoms. The number of nitrogens with two attached hydrogens (primary N) is 1. The van der Waals surface area contributed by atoms with Gasteiger partial charge >= 0.3 is 5.97 Å². The molecule has 0 radical (unpaired) electrons. The van der Waals surface area contributed by atoms with Gasteiger partial charge in [0.2, 0.25) is 0 Å². The Morgan fingerprint density at radius 2 is 2.12 bits per heavy atom. The van der Waals surface area contributed by atoms with Gasteiger partial charge in [0, 0.05) is 19.7 Å². The minimum absolute atomic E-state index is 0.0721. The van der Waals surface area contributed by atoms with E-state index in [-0.39, 0.29) is 6.54 Å². The summed E-state index contributed by atoms with van der Waals surface area (Å²) in [6, 6.07) is 0. The van der Waals surface area contributed by atoms with Crippen molar-refractivity contribution in [2.45, 2.75) is 18.9 Å². The lowest BCUT2D eigenvalue weighted by Gasteiger charge is -2.23. The van der Waals surface area contributed by atoms with Gasteiger partial charge < -0.3 is 15.6 Å². The van der Waals surface area contributed by atoms with Crippen LogP contribution >= 0.6 is 0 Å². The Bertz CT molecular complexity index is 270. The van der Waals surface area contributed by atoms with E-state index in [1.54, 1.807) is 0 Å². The maximum absolute atomic E-state index is 11.7. The highest BCUT2D eigenvalue weighted by Crippen LogP contribution is 2.05. The smallest absolute Gasteiger partial charge is 0.331 e. The first-order valence-electron chi connectivity index (χ1n) is 5.30. The second-order valence-corrected chi connectivity index (χ2v) is 4.17. The van der Waals surface area contributed by atoms with Crippen molar-refractivity contribution < 1.29 is 19.4 Å². The summed E-state index contributed by atoms with van der Waals surface area (Å²) in [4.78, 5) is 24.4. The normalized spacial score (nSPS) is 22.1. The van der Waals surface area contributed by atoms with Crippen LogP contribution in [0.5, 0.6) is 0 Å². The average molecular weight is 230 g/mol. The SMILES string of the molecule is C[C@](N)(C(=O)O)C(=O)CN1CCCOCC1. The van der Waals surface area contributed by atoms with E-state index in [0.717, 1.165) is 13.0 Å². The van der Waals surface area contributed by atoms with Crippen molar-refractivity contribution in [1.29, 1.82) is 0 Å². The molecule has 6 nitrogen and oxygen atoms in total. The van der Waals surface area contributed by atoms with Crippen LogP contribution in [0.3, 0.4) is 0 Å². The summed E-state index contributed by atoms with van der Waals surface area (Å²) in [6.07, 6.45) is 0.849. The van der Waals surface area contributed by atoms with Gasteiger partial charge in [0.05, 0.1) is 13.2 Å². The van der Waals surface area contributed by atoms with Crippen LogP contribution in [-0.4, -0.2) is 60.1 Å². The first-order chi connectivity index (χ1) is 7.44. The zero-order chi connectivity index (χ0) is 12.2. The highest BCUT2D eigenvalue weighted by molar-refractivity contribution is 6.07. The second-order valence-electron chi connectivity index (χ2n) is 4.17. The molecule has 0 amide bonds. The lowest BCUT2D eigenvalue weighted by Crippen LogP contribution is -2.55. The van der Waals surface area contributed by atoms with Crippen LogP contribution < -0.4 is 5.73 Å². The van der Waals surface area contributed by atoms with Gasteiger partial charge in [0.15, 0.2) is 11.3 Å². The molecule has 1 saturated heterocycles. The fraction of sp³-hybridized carbons (Fsp3) is 0.800. The summed E-state index contributed by atoms with van der Waals surface area (Å²) in [6.45, 7) is 3.93. The number of carboxylic acids is 1. The molecule has 0 aromatic rings. The predicted octanol–water partition coefficient (Wildman–Crippen LogP) is -0.920. The fourth-order valence-electron chi connectivity index (χ4n) is 1.44. The molecule has 1 fully saturated rings. The standard InChI is InChI=1S/C10H18N2O4/c1-10(11,9(14)15)8(13)7-12-3-2-5-16-6-4-12/h2-7,11H2,1H3,(H,14,15)/t10-/m1/s1. The quantitative estimate of drug-likeness (QED) is 0.607. The predicted molar refractivity (Wildman–Crippen MR) is 57.1 cm³/mol. The highest BCUT2D eigenvalue weighted by Gasteiger charge is 2.37. The fourth-order valence-corrected chi connectivity index (χ4v) is 1.44. The Morgan fingerprint density at radius 1 is 1.44 bits per heavy atom. The number of hydrogen-bond acceptors (Lipinski definition) is 5. The van der Waals surface area contributed by atoms with Gasteiger partial charge in [-0.25, -0.2) is 4.79 Å². The van der Waals surface area contributed by atoms with Gasteiger partial charge in [-0.05, 0) is 13.3 Å². The lowest BCUT2D eigenvalue weighted by molar-refractivity contribution is -0.147. The zero-order valence-corrected chi connectivity index (χ0v) is 9.44. The zero-order valence-electron chi connectivity index (χ0n) is 9.44. The molecule has 1 rings (SSSR count). The van der Waals surface area contributed by atoms with Crippen LogP contribution in [0.15, 0.2) is 0 Å². The van der Waals surface area contributed by atoms with Crippen molar-refractivity contribution in [3.63, 3.8) is 0 Å². The third kappa shape index (κ3) is 3.26. The number of carbonyl (C=O) groups is 2. The Balaban J connectivity index is 2.52. The lowest BCUT2D eigenvalue weighted by atomic mass is 9.97. The van der Waals surface area contributed by atoms with Gasteiger partial charge in [0.25, 0.3) is 0 Å². The number of Topliss-reactive ketones (excluding diaryl/α,β-unsaturated/α-hetero) is 1. The van der Waals surface area contributed by atoms with E-state index < -0.39 is 17.3 Å². The molecule has 0 bridgehead atoms. The molecule has 92 valence electrons. The minimum atomic E-state index is -1.80. The Labute approximate surface area is 94.3 Å². The van der Waals surface area contributed by atoms with Crippen molar-refractivity contribution in [2.24, 2.45) is 5.73 Å². The van der Waals surface area contributed by atoms with Gasteiger partial charge in [-0.1, -0.05) is 0 Å². The van der Waals surface area contributed by atoms with E-state index in [2.05, 4.69) is 0 Å². The third-order valence-electron chi connectivity index (χ3n) is 2.71. The van der Waals surface area contributed by atoms with Gasteiger partial charge in [-0.15, -0.1) is 0 Å². The molecule has 0 saturated carbocycles. The average Bonchev–Trinajstić information content (AvgIpc) is 2.46. The molecule has 1 aliphatic rings.